The topological polar surface area (TPSA) is 53.4 Å². The van der Waals surface area contributed by atoms with Crippen molar-refractivity contribution in [1.29, 1.82) is 0 Å². The fraction of sp³-hybridized carbons (Fsp3) is 0.474. The van der Waals surface area contributed by atoms with Gasteiger partial charge in [-0.2, -0.15) is 0 Å². The van der Waals surface area contributed by atoms with E-state index in [-0.39, 0.29) is 12.5 Å². The molecule has 2 heterocycles. The van der Waals surface area contributed by atoms with Gasteiger partial charge in [-0.25, -0.2) is 0 Å². The minimum absolute atomic E-state index is 0.0182. The van der Waals surface area contributed by atoms with Gasteiger partial charge in [-0.15, -0.1) is 11.3 Å². The zero-order valence-corrected chi connectivity index (χ0v) is 14.7. The molecule has 1 aliphatic rings. The lowest BCUT2D eigenvalue weighted by Crippen LogP contribution is -2.32. The number of carbonyl (C=O) groups is 1. The number of amides is 1. The third kappa shape index (κ3) is 4.22. The van der Waals surface area contributed by atoms with Crippen molar-refractivity contribution >= 4 is 17.2 Å². The Labute approximate surface area is 147 Å². The van der Waals surface area contributed by atoms with Crippen molar-refractivity contribution in [3.05, 3.63) is 51.5 Å². The van der Waals surface area contributed by atoms with Crippen molar-refractivity contribution in [2.45, 2.75) is 45.1 Å². The van der Waals surface area contributed by atoms with Gasteiger partial charge in [0.2, 0.25) is 0 Å². The van der Waals surface area contributed by atoms with Gasteiger partial charge in [0, 0.05) is 30.4 Å². The maximum Gasteiger partial charge on any atom is 0.264 e. The smallest absolute Gasteiger partial charge is 0.264 e. The summed E-state index contributed by atoms with van der Waals surface area (Å²) in [5.74, 6) is 0.0182. The monoisotopic (exact) mass is 344 g/mol. The number of fused-ring (bicyclic) bond motifs is 1. The standard InChI is InChI=1S/C19H24N2O2S/c22-11-10-21(14-15-6-5-9-20-13-15)19(23)18-12-16-7-3-1-2-4-8-17(16)24-18/h5-6,9,12-13,22H,1-4,7-8,10-11,14H2. The molecule has 0 fully saturated rings. The molecular weight excluding hydrogens is 320 g/mol. The lowest BCUT2D eigenvalue weighted by molar-refractivity contribution is 0.0712. The summed E-state index contributed by atoms with van der Waals surface area (Å²) in [6, 6.07) is 5.91. The molecule has 1 aliphatic carbocycles. The number of carbonyl (C=O) groups excluding carboxylic acids is 1. The number of rotatable bonds is 5. The molecule has 0 saturated heterocycles. The van der Waals surface area contributed by atoms with E-state index in [1.807, 2.05) is 12.1 Å². The summed E-state index contributed by atoms with van der Waals surface area (Å²) in [5.41, 5.74) is 2.34. The minimum atomic E-state index is -0.0307. The number of aromatic nitrogens is 1. The molecule has 0 unspecified atom stereocenters. The summed E-state index contributed by atoms with van der Waals surface area (Å²) in [4.78, 5) is 20.9. The zero-order valence-electron chi connectivity index (χ0n) is 13.9. The Balaban J connectivity index is 1.78. The molecule has 1 amide bonds. The van der Waals surface area contributed by atoms with E-state index in [9.17, 15) is 9.90 Å². The first-order valence-corrected chi connectivity index (χ1v) is 9.50. The second kappa shape index (κ2) is 8.40. The fourth-order valence-corrected chi connectivity index (χ4v) is 4.41. The molecule has 0 saturated carbocycles. The van der Waals surface area contributed by atoms with Gasteiger partial charge >= 0.3 is 0 Å². The van der Waals surface area contributed by atoms with Crippen LogP contribution < -0.4 is 0 Å². The van der Waals surface area contributed by atoms with Gasteiger partial charge in [-0.05, 0) is 48.9 Å². The first-order chi connectivity index (χ1) is 11.8. The number of aryl methyl sites for hydroxylation is 2. The van der Waals surface area contributed by atoms with Gasteiger partial charge in [0.1, 0.15) is 0 Å². The molecule has 128 valence electrons. The van der Waals surface area contributed by atoms with Crippen LogP contribution in [0.3, 0.4) is 0 Å². The van der Waals surface area contributed by atoms with E-state index in [0.717, 1.165) is 23.3 Å². The highest BCUT2D eigenvalue weighted by Crippen LogP contribution is 2.29. The van der Waals surface area contributed by atoms with Crippen LogP contribution in [0.1, 0.15) is 51.4 Å². The van der Waals surface area contributed by atoms with Crippen LogP contribution in [0.15, 0.2) is 30.6 Å². The number of pyridine rings is 1. The van der Waals surface area contributed by atoms with E-state index < -0.39 is 0 Å². The normalized spacial score (nSPS) is 14.5. The first-order valence-electron chi connectivity index (χ1n) is 8.68. The van der Waals surface area contributed by atoms with Crippen molar-refractivity contribution in [2.24, 2.45) is 0 Å². The van der Waals surface area contributed by atoms with Gasteiger partial charge in [0.15, 0.2) is 0 Å². The number of aliphatic hydroxyl groups excluding tert-OH is 1. The Bertz CT molecular complexity index is 644. The van der Waals surface area contributed by atoms with Crippen LogP contribution in [0.4, 0.5) is 0 Å². The van der Waals surface area contributed by atoms with Crippen molar-refractivity contribution in [2.75, 3.05) is 13.2 Å². The highest BCUT2D eigenvalue weighted by molar-refractivity contribution is 7.14. The highest BCUT2D eigenvalue weighted by Gasteiger charge is 2.21. The van der Waals surface area contributed by atoms with E-state index in [1.54, 1.807) is 28.6 Å². The van der Waals surface area contributed by atoms with Crippen molar-refractivity contribution in [3.63, 3.8) is 0 Å². The van der Waals surface area contributed by atoms with E-state index in [0.29, 0.717) is 13.1 Å². The number of hydrogen-bond donors (Lipinski definition) is 1. The number of thiophene rings is 1. The molecule has 3 rings (SSSR count). The predicted molar refractivity (Wildman–Crippen MR) is 96.3 cm³/mol. The summed E-state index contributed by atoms with van der Waals surface area (Å²) < 4.78 is 0. The summed E-state index contributed by atoms with van der Waals surface area (Å²) in [5, 5.41) is 9.34. The average molecular weight is 344 g/mol. The van der Waals surface area contributed by atoms with Gasteiger partial charge in [0.05, 0.1) is 11.5 Å². The Morgan fingerprint density at radius 2 is 2.08 bits per heavy atom. The van der Waals surface area contributed by atoms with Crippen molar-refractivity contribution in [3.8, 4) is 0 Å². The quantitative estimate of drug-likeness (QED) is 0.904. The van der Waals surface area contributed by atoms with E-state index in [1.165, 1.54) is 36.1 Å². The predicted octanol–water partition coefficient (Wildman–Crippen LogP) is 3.44. The number of hydrogen-bond acceptors (Lipinski definition) is 4. The third-order valence-electron chi connectivity index (χ3n) is 4.46. The first kappa shape index (κ1) is 17.1. The maximum absolute atomic E-state index is 12.9. The number of nitrogens with zero attached hydrogens (tertiary/aromatic N) is 2. The van der Waals surface area contributed by atoms with Crippen LogP contribution in [-0.4, -0.2) is 34.0 Å². The Morgan fingerprint density at radius 1 is 1.25 bits per heavy atom. The molecule has 2 aromatic rings. The van der Waals surface area contributed by atoms with Gasteiger partial charge < -0.3 is 10.0 Å². The van der Waals surface area contributed by atoms with Gasteiger partial charge in [0.25, 0.3) is 5.91 Å². The van der Waals surface area contributed by atoms with Crippen LogP contribution in [0.5, 0.6) is 0 Å². The second-order valence-electron chi connectivity index (χ2n) is 6.28. The molecule has 0 aromatic carbocycles. The largest absolute Gasteiger partial charge is 0.395 e. The Kier molecular flexibility index (Phi) is 5.99. The average Bonchev–Trinajstić information content (AvgIpc) is 2.97. The minimum Gasteiger partial charge on any atom is -0.395 e. The summed E-state index contributed by atoms with van der Waals surface area (Å²) in [6.07, 6.45) is 10.7. The van der Waals surface area contributed by atoms with Crippen LogP contribution >= 0.6 is 11.3 Å². The molecule has 2 aromatic heterocycles. The molecule has 1 N–H and O–H groups in total. The highest BCUT2D eigenvalue weighted by atomic mass is 32.1. The molecule has 24 heavy (non-hydrogen) atoms. The van der Waals surface area contributed by atoms with E-state index in [2.05, 4.69) is 11.1 Å². The molecule has 0 bridgehead atoms. The molecular formula is C19H24N2O2S. The Morgan fingerprint density at radius 3 is 2.83 bits per heavy atom. The van der Waals surface area contributed by atoms with Crippen LogP contribution in [-0.2, 0) is 19.4 Å². The summed E-state index contributed by atoms with van der Waals surface area (Å²) in [6.45, 7) is 0.795. The maximum atomic E-state index is 12.9. The summed E-state index contributed by atoms with van der Waals surface area (Å²) >= 11 is 1.64. The lowest BCUT2D eigenvalue weighted by Gasteiger charge is -2.21. The second-order valence-corrected chi connectivity index (χ2v) is 7.42. The fourth-order valence-electron chi connectivity index (χ4n) is 3.19. The van der Waals surface area contributed by atoms with Crippen LogP contribution in [0.25, 0.3) is 0 Å². The SMILES string of the molecule is O=C(c1cc2c(s1)CCCCCC2)N(CCO)Cc1cccnc1. The molecule has 5 heteroatoms. The number of aliphatic hydroxyl groups is 1. The van der Waals surface area contributed by atoms with E-state index in [4.69, 9.17) is 0 Å². The molecule has 0 spiro atoms. The van der Waals surface area contributed by atoms with Crippen LogP contribution in [0, 0.1) is 0 Å². The van der Waals surface area contributed by atoms with Crippen molar-refractivity contribution in [1.82, 2.24) is 9.88 Å². The summed E-state index contributed by atoms with van der Waals surface area (Å²) in [7, 11) is 0. The van der Waals surface area contributed by atoms with E-state index >= 15 is 0 Å². The third-order valence-corrected chi connectivity index (χ3v) is 5.69. The lowest BCUT2D eigenvalue weighted by atomic mass is 10.00. The molecule has 0 radical (unpaired) electrons. The van der Waals surface area contributed by atoms with Gasteiger partial charge in [-0.1, -0.05) is 18.9 Å². The Hall–Kier alpha value is -1.72. The van der Waals surface area contributed by atoms with Crippen LogP contribution in [0.2, 0.25) is 0 Å². The van der Waals surface area contributed by atoms with Gasteiger partial charge in [-0.3, -0.25) is 9.78 Å². The zero-order chi connectivity index (χ0) is 16.8. The molecule has 0 atom stereocenters. The molecule has 0 aliphatic heterocycles. The van der Waals surface area contributed by atoms with Crippen molar-refractivity contribution < 1.29 is 9.90 Å². The molecule has 4 nitrogen and oxygen atoms in total.